The largest absolute Gasteiger partial charge is 0.481 e. The quantitative estimate of drug-likeness (QED) is 0.159. The summed E-state index contributed by atoms with van der Waals surface area (Å²) < 4.78 is 38.1. The van der Waals surface area contributed by atoms with Crippen molar-refractivity contribution in [3.05, 3.63) is 35.4 Å². The van der Waals surface area contributed by atoms with Crippen LogP contribution < -0.4 is 5.32 Å². The normalized spacial score (nSPS) is 13.3. The number of carbonyl (C=O) groups is 3. The predicted molar refractivity (Wildman–Crippen MR) is 134 cm³/mol. The molecular formula is C26H38F3NO4S. The average molecular weight is 518 g/mol. The third-order valence-corrected chi connectivity index (χ3v) is 6.38. The van der Waals surface area contributed by atoms with Crippen LogP contribution in [0.5, 0.6) is 0 Å². The van der Waals surface area contributed by atoms with Gasteiger partial charge in [0.05, 0.1) is 6.04 Å². The first-order valence-electron chi connectivity index (χ1n) is 12.4. The lowest BCUT2D eigenvalue weighted by Gasteiger charge is -2.23. The molecule has 35 heavy (non-hydrogen) atoms. The highest BCUT2D eigenvalue weighted by Gasteiger charge is 2.41. The van der Waals surface area contributed by atoms with Gasteiger partial charge in [-0.25, -0.2) is 0 Å². The van der Waals surface area contributed by atoms with Crippen molar-refractivity contribution in [3.63, 3.8) is 0 Å². The lowest BCUT2D eigenvalue weighted by atomic mass is 9.86. The zero-order valence-electron chi connectivity index (χ0n) is 20.4. The van der Waals surface area contributed by atoms with Crippen LogP contribution in [0.15, 0.2) is 24.3 Å². The van der Waals surface area contributed by atoms with Gasteiger partial charge in [0.15, 0.2) is 5.78 Å². The molecule has 0 fully saturated rings. The Morgan fingerprint density at radius 1 is 0.943 bits per heavy atom. The van der Waals surface area contributed by atoms with E-state index >= 15 is 0 Å². The van der Waals surface area contributed by atoms with Crippen molar-refractivity contribution in [2.75, 3.05) is 5.75 Å². The standard InChI is InChI=1S/C26H38F3NO4S/c1-2-3-4-5-6-7-8-11-19-14-16-20(17-15-19)21(12-9-10-13-23(31)32)24(33)22(18-35)30-25(34)26(27,28)29/h14-17,21-22,35H,2-13,18H2,1H3,(H,30,34)(H,31,32)/t21-,22+/m1/s1. The third kappa shape index (κ3) is 12.5. The van der Waals surface area contributed by atoms with E-state index in [1.807, 2.05) is 12.1 Å². The van der Waals surface area contributed by atoms with Crippen molar-refractivity contribution >= 4 is 30.3 Å². The van der Waals surface area contributed by atoms with Crippen molar-refractivity contribution in [1.29, 1.82) is 0 Å². The molecule has 0 saturated carbocycles. The lowest BCUT2D eigenvalue weighted by Crippen LogP contribution is -2.49. The predicted octanol–water partition coefficient (Wildman–Crippen LogP) is 6.25. The first kappa shape index (κ1) is 31.0. The van der Waals surface area contributed by atoms with Crippen molar-refractivity contribution in [2.45, 2.75) is 102 Å². The van der Waals surface area contributed by atoms with Gasteiger partial charge in [0.25, 0.3) is 0 Å². The summed E-state index contributed by atoms with van der Waals surface area (Å²) in [5.41, 5.74) is 1.76. The molecule has 0 heterocycles. The van der Waals surface area contributed by atoms with Gasteiger partial charge >= 0.3 is 18.1 Å². The van der Waals surface area contributed by atoms with E-state index in [1.54, 1.807) is 17.4 Å². The average Bonchev–Trinajstić information content (AvgIpc) is 2.81. The number of unbranched alkanes of at least 4 members (excludes halogenated alkanes) is 7. The number of benzene rings is 1. The Morgan fingerprint density at radius 2 is 1.54 bits per heavy atom. The number of carbonyl (C=O) groups excluding carboxylic acids is 2. The summed E-state index contributed by atoms with van der Waals surface area (Å²) in [5.74, 6) is -4.73. The van der Waals surface area contributed by atoms with Gasteiger partial charge in [-0.3, -0.25) is 14.4 Å². The van der Waals surface area contributed by atoms with Crippen molar-refractivity contribution < 1.29 is 32.7 Å². The van der Waals surface area contributed by atoms with Gasteiger partial charge < -0.3 is 10.4 Å². The molecular weight excluding hydrogens is 479 g/mol. The molecule has 1 amide bonds. The highest BCUT2D eigenvalue weighted by Crippen LogP contribution is 2.27. The van der Waals surface area contributed by atoms with Gasteiger partial charge in [-0.05, 0) is 36.8 Å². The Hall–Kier alpha value is -2.03. The summed E-state index contributed by atoms with van der Waals surface area (Å²) in [7, 11) is 0. The highest BCUT2D eigenvalue weighted by atomic mass is 32.1. The van der Waals surface area contributed by atoms with Crippen LogP contribution in [-0.2, 0) is 20.8 Å². The topological polar surface area (TPSA) is 83.5 Å². The first-order chi connectivity index (χ1) is 16.6. The fourth-order valence-electron chi connectivity index (χ4n) is 3.99. The number of ketones is 1. The molecule has 0 radical (unpaired) electrons. The molecule has 198 valence electrons. The van der Waals surface area contributed by atoms with Crippen LogP contribution in [0.25, 0.3) is 0 Å². The van der Waals surface area contributed by atoms with Crippen LogP contribution in [0.4, 0.5) is 13.2 Å². The van der Waals surface area contributed by atoms with Gasteiger partial charge in [0, 0.05) is 18.1 Å². The number of Topliss-reactive ketones (excluding diaryl/α,β-unsaturated/α-hetero) is 1. The van der Waals surface area contributed by atoms with Crippen molar-refractivity contribution in [1.82, 2.24) is 5.32 Å². The summed E-state index contributed by atoms with van der Waals surface area (Å²) in [6.45, 7) is 2.19. The number of carboxylic acids is 1. The second-order valence-corrected chi connectivity index (χ2v) is 9.28. The van der Waals surface area contributed by atoms with Gasteiger partial charge in [0.2, 0.25) is 0 Å². The van der Waals surface area contributed by atoms with Crippen LogP contribution in [0.3, 0.4) is 0 Å². The number of aliphatic carboxylic acids is 1. The van der Waals surface area contributed by atoms with Gasteiger partial charge in [-0.15, -0.1) is 0 Å². The molecule has 1 aromatic carbocycles. The van der Waals surface area contributed by atoms with E-state index in [2.05, 4.69) is 19.6 Å². The number of halogens is 3. The molecule has 0 spiro atoms. The molecule has 0 aliphatic heterocycles. The number of aryl methyl sites for hydroxylation is 1. The van der Waals surface area contributed by atoms with Crippen molar-refractivity contribution in [3.8, 4) is 0 Å². The van der Waals surface area contributed by atoms with E-state index in [4.69, 9.17) is 5.11 Å². The maximum Gasteiger partial charge on any atom is 0.471 e. The molecule has 0 saturated heterocycles. The van der Waals surface area contributed by atoms with Crippen LogP contribution in [0.2, 0.25) is 0 Å². The van der Waals surface area contributed by atoms with E-state index < -0.39 is 35.8 Å². The molecule has 0 aromatic heterocycles. The summed E-state index contributed by atoms with van der Waals surface area (Å²) >= 11 is 3.98. The van der Waals surface area contributed by atoms with E-state index in [-0.39, 0.29) is 18.6 Å². The first-order valence-corrected chi connectivity index (χ1v) is 13.1. The maximum atomic E-state index is 13.1. The zero-order chi connectivity index (χ0) is 26.3. The fourth-order valence-corrected chi connectivity index (χ4v) is 4.26. The van der Waals surface area contributed by atoms with Crippen LogP contribution in [0.1, 0.15) is 94.6 Å². The molecule has 2 atom stereocenters. The number of thiol groups is 1. The Balaban J connectivity index is 2.83. The summed E-state index contributed by atoms with van der Waals surface area (Å²) in [5, 5.41) is 10.6. The molecule has 1 aromatic rings. The molecule has 0 unspecified atom stereocenters. The Bertz CT molecular complexity index is 784. The smallest absolute Gasteiger partial charge is 0.471 e. The molecule has 0 aliphatic carbocycles. The van der Waals surface area contributed by atoms with Crippen LogP contribution in [0, 0.1) is 0 Å². The highest BCUT2D eigenvalue weighted by molar-refractivity contribution is 7.80. The van der Waals surface area contributed by atoms with Gasteiger partial charge in [0.1, 0.15) is 0 Å². The fraction of sp³-hybridized carbons (Fsp3) is 0.654. The maximum absolute atomic E-state index is 13.1. The van der Waals surface area contributed by atoms with Gasteiger partial charge in [-0.1, -0.05) is 76.1 Å². The minimum atomic E-state index is -5.10. The minimum Gasteiger partial charge on any atom is -0.481 e. The number of alkyl halides is 3. The van der Waals surface area contributed by atoms with E-state index in [0.29, 0.717) is 18.4 Å². The Kier molecular flexibility index (Phi) is 14.7. The summed E-state index contributed by atoms with van der Waals surface area (Å²) in [6.07, 6.45) is 5.21. The van der Waals surface area contributed by atoms with Crippen LogP contribution >= 0.6 is 12.6 Å². The van der Waals surface area contributed by atoms with E-state index in [0.717, 1.165) is 24.8 Å². The zero-order valence-corrected chi connectivity index (χ0v) is 21.3. The Labute approximate surface area is 211 Å². The number of amides is 1. The monoisotopic (exact) mass is 517 g/mol. The van der Waals surface area contributed by atoms with E-state index in [1.165, 1.54) is 32.1 Å². The number of hydrogen-bond donors (Lipinski definition) is 3. The summed E-state index contributed by atoms with van der Waals surface area (Å²) in [4.78, 5) is 35.3. The number of nitrogens with one attached hydrogen (secondary N) is 1. The Morgan fingerprint density at radius 3 is 2.09 bits per heavy atom. The molecule has 0 bridgehead atoms. The number of hydrogen-bond acceptors (Lipinski definition) is 4. The number of rotatable bonds is 18. The number of carboxylic acid groups (broad SMARTS) is 1. The third-order valence-electron chi connectivity index (χ3n) is 6.02. The second-order valence-electron chi connectivity index (χ2n) is 8.91. The lowest BCUT2D eigenvalue weighted by molar-refractivity contribution is -0.174. The van der Waals surface area contributed by atoms with Crippen molar-refractivity contribution in [2.24, 2.45) is 0 Å². The van der Waals surface area contributed by atoms with Crippen LogP contribution in [-0.4, -0.2) is 40.7 Å². The SMILES string of the molecule is CCCCCCCCCc1ccc([C@@H](CCCCC(=O)O)C(=O)[C@H](CS)NC(=O)C(F)(F)F)cc1. The minimum absolute atomic E-state index is 0.0564. The van der Waals surface area contributed by atoms with Gasteiger partial charge in [-0.2, -0.15) is 25.8 Å². The van der Waals surface area contributed by atoms with E-state index in [9.17, 15) is 27.6 Å². The molecule has 5 nitrogen and oxygen atoms in total. The summed E-state index contributed by atoms with van der Waals surface area (Å²) in [6, 6.07) is 6.06. The molecule has 0 aliphatic rings. The second kappa shape index (κ2) is 16.6. The molecule has 2 N–H and O–H groups in total. The molecule has 1 rings (SSSR count). The molecule has 9 heteroatoms.